The van der Waals surface area contributed by atoms with Crippen molar-refractivity contribution in [1.82, 2.24) is 0 Å². The lowest BCUT2D eigenvalue weighted by Gasteiger charge is -2.15. The number of halogens is 2. The molecular formula is C26H22ClFN2O4. The van der Waals surface area contributed by atoms with E-state index in [9.17, 15) is 14.4 Å². The normalized spacial score (nSPS) is 10.9. The lowest BCUT2D eigenvalue weighted by Crippen LogP contribution is -2.13. The monoisotopic (exact) mass is 480 g/mol. The van der Waals surface area contributed by atoms with Crippen molar-refractivity contribution in [3.05, 3.63) is 88.2 Å². The summed E-state index contributed by atoms with van der Waals surface area (Å²) in [5.41, 5.74) is 1.65. The Labute approximate surface area is 202 Å². The Morgan fingerprint density at radius 3 is 2.44 bits per heavy atom. The molecule has 0 unspecified atom stereocenters. The number of benzene rings is 3. The summed E-state index contributed by atoms with van der Waals surface area (Å²) >= 11 is 6.44. The molecule has 6 nitrogen and oxygen atoms in total. The van der Waals surface area contributed by atoms with Crippen LogP contribution in [0.25, 0.3) is 6.08 Å². The fraction of sp³-hybridized carbons (Fsp3) is 0.154. The maximum Gasteiger partial charge on any atom is 0.266 e. The molecule has 0 saturated heterocycles. The molecule has 0 aliphatic rings. The highest BCUT2D eigenvalue weighted by Crippen LogP contribution is 2.38. The topological polar surface area (TPSA) is 80.6 Å². The van der Waals surface area contributed by atoms with Crippen molar-refractivity contribution in [2.75, 3.05) is 19.0 Å². The van der Waals surface area contributed by atoms with Gasteiger partial charge in [-0.05, 0) is 72.7 Å². The molecule has 1 amide bonds. The van der Waals surface area contributed by atoms with E-state index in [4.69, 9.17) is 25.8 Å². The van der Waals surface area contributed by atoms with E-state index in [0.29, 0.717) is 35.1 Å². The summed E-state index contributed by atoms with van der Waals surface area (Å²) in [5.74, 6) is 0.409. The molecule has 174 valence electrons. The third-order valence-corrected chi connectivity index (χ3v) is 4.93. The SMILES string of the molecule is CCOc1cc(/C=C(\C#N)C(=O)Nc2ccc(OC)cc2)cc(Cl)c1OCc1ccc(F)cc1. The number of nitrogens with zero attached hydrogens (tertiary/aromatic N) is 1. The van der Waals surface area contributed by atoms with Crippen LogP contribution < -0.4 is 19.5 Å². The van der Waals surface area contributed by atoms with Gasteiger partial charge in [0, 0.05) is 5.69 Å². The number of hydrogen-bond acceptors (Lipinski definition) is 5. The van der Waals surface area contributed by atoms with Gasteiger partial charge in [-0.3, -0.25) is 4.79 Å². The largest absolute Gasteiger partial charge is 0.497 e. The molecule has 0 saturated carbocycles. The van der Waals surface area contributed by atoms with Crippen molar-refractivity contribution < 1.29 is 23.4 Å². The third-order valence-electron chi connectivity index (χ3n) is 4.65. The average Bonchev–Trinajstić information content (AvgIpc) is 2.83. The van der Waals surface area contributed by atoms with Crippen molar-refractivity contribution >= 4 is 29.3 Å². The minimum absolute atomic E-state index is 0.116. The van der Waals surface area contributed by atoms with Crippen LogP contribution in [0.15, 0.2) is 66.2 Å². The number of ether oxygens (including phenoxy) is 3. The van der Waals surface area contributed by atoms with Crippen LogP contribution in [0, 0.1) is 17.1 Å². The van der Waals surface area contributed by atoms with Gasteiger partial charge in [-0.2, -0.15) is 5.26 Å². The van der Waals surface area contributed by atoms with Crippen molar-refractivity contribution in [2.45, 2.75) is 13.5 Å². The molecule has 0 bridgehead atoms. The maximum absolute atomic E-state index is 13.1. The molecule has 0 aliphatic carbocycles. The highest BCUT2D eigenvalue weighted by molar-refractivity contribution is 6.32. The molecular weight excluding hydrogens is 459 g/mol. The molecule has 0 fully saturated rings. The zero-order valence-electron chi connectivity index (χ0n) is 18.6. The van der Waals surface area contributed by atoms with Crippen LogP contribution in [0.5, 0.6) is 17.2 Å². The molecule has 8 heteroatoms. The molecule has 0 aromatic heterocycles. The van der Waals surface area contributed by atoms with Crippen LogP contribution >= 0.6 is 11.6 Å². The molecule has 0 heterocycles. The number of nitriles is 1. The Morgan fingerprint density at radius 1 is 1.12 bits per heavy atom. The van der Waals surface area contributed by atoms with Gasteiger partial charge in [0.15, 0.2) is 11.5 Å². The van der Waals surface area contributed by atoms with E-state index in [-0.39, 0.29) is 23.0 Å². The smallest absolute Gasteiger partial charge is 0.266 e. The van der Waals surface area contributed by atoms with Crippen LogP contribution in [0.2, 0.25) is 5.02 Å². The highest BCUT2D eigenvalue weighted by Gasteiger charge is 2.15. The van der Waals surface area contributed by atoms with E-state index >= 15 is 0 Å². The van der Waals surface area contributed by atoms with Gasteiger partial charge in [0.25, 0.3) is 5.91 Å². The first-order valence-electron chi connectivity index (χ1n) is 10.3. The standard InChI is InChI=1S/C26H22ClFN2O4/c1-3-33-24-14-18(13-23(27)25(24)34-16-17-4-6-20(28)7-5-17)12-19(15-29)26(31)30-21-8-10-22(32-2)11-9-21/h4-14H,3,16H2,1-2H3,(H,30,31)/b19-12+. The summed E-state index contributed by atoms with van der Waals surface area (Å²) in [7, 11) is 1.55. The second-order valence-corrected chi connectivity index (χ2v) is 7.44. The molecule has 0 spiro atoms. The molecule has 3 aromatic carbocycles. The van der Waals surface area contributed by atoms with E-state index in [1.807, 2.05) is 13.0 Å². The molecule has 3 aromatic rings. The summed E-state index contributed by atoms with van der Waals surface area (Å²) in [6, 6.07) is 17.8. The molecule has 0 atom stereocenters. The van der Waals surface area contributed by atoms with Gasteiger partial charge in [-0.1, -0.05) is 23.7 Å². The lowest BCUT2D eigenvalue weighted by atomic mass is 10.1. The first-order chi connectivity index (χ1) is 16.4. The minimum atomic E-state index is -0.571. The fourth-order valence-corrected chi connectivity index (χ4v) is 3.27. The second-order valence-electron chi connectivity index (χ2n) is 7.03. The van der Waals surface area contributed by atoms with Crippen LogP contribution in [-0.2, 0) is 11.4 Å². The fourth-order valence-electron chi connectivity index (χ4n) is 3.00. The van der Waals surface area contributed by atoms with Gasteiger partial charge in [0.2, 0.25) is 0 Å². The van der Waals surface area contributed by atoms with E-state index in [1.165, 1.54) is 18.2 Å². The van der Waals surface area contributed by atoms with E-state index < -0.39 is 5.91 Å². The Hall–Kier alpha value is -4.02. The Bertz CT molecular complexity index is 1220. The molecule has 1 N–H and O–H groups in total. The number of carbonyl (C=O) groups is 1. The summed E-state index contributed by atoms with van der Waals surface area (Å²) in [5, 5.41) is 12.4. The number of rotatable bonds is 9. The average molecular weight is 481 g/mol. The van der Waals surface area contributed by atoms with Crippen molar-refractivity contribution in [1.29, 1.82) is 5.26 Å². The van der Waals surface area contributed by atoms with Crippen LogP contribution in [0.1, 0.15) is 18.1 Å². The molecule has 0 aliphatic heterocycles. The number of methoxy groups -OCH3 is 1. The zero-order valence-corrected chi connectivity index (χ0v) is 19.4. The number of anilines is 1. The third kappa shape index (κ3) is 6.50. The number of hydrogen-bond donors (Lipinski definition) is 1. The number of nitrogens with one attached hydrogen (secondary N) is 1. The van der Waals surface area contributed by atoms with Gasteiger partial charge in [0.05, 0.1) is 18.7 Å². The quantitative estimate of drug-likeness (QED) is 0.299. The lowest BCUT2D eigenvalue weighted by molar-refractivity contribution is -0.112. The van der Waals surface area contributed by atoms with Crippen LogP contribution in [0.4, 0.5) is 10.1 Å². The van der Waals surface area contributed by atoms with E-state index in [2.05, 4.69) is 5.32 Å². The van der Waals surface area contributed by atoms with Gasteiger partial charge in [-0.15, -0.1) is 0 Å². The minimum Gasteiger partial charge on any atom is -0.497 e. The van der Waals surface area contributed by atoms with Gasteiger partial charge < -0.3 is 19.5 Å². The van der Waals surface area contributed by atoms with Crippen LogP contribution in [0.3, 0.4) is 0 Å². The van der Waals surface area contributed by atoms with Gasteiger partial charge >= 0.3 is 0 Å². The first-order valence-corrected chi connectivity index (χ1v) is 10.7. The van der Waals surface area contributed by atoms with Gasteiger partial charge in [0.1, 0.15) is 29.8 Å². The highest BCUT2D eigenvalue weighted by atomic mass is 35.5. The van der Waals surface area contributed by atoms with E-state index in [0.717, 1.165) is 5.56 Å². The van der Waals surface area contributed by atoms with Gasteiger partial charge in [-0.25, -0.2) is 4.39 Å². The Kier molecular flexibility index (Phi) is 8.49. The predicted octanol–water partition coefficient (Wildman–Crippen LogP) is 6.01. The Morgan fingerprint density at radius 2 is 1.82 bits per heavy atom. The second kappa shape index (κ2) is 11.7. The van der Waals surface area contributed by atoms with Crippen molar-refractivity contribution in [3.8, 4) is 23.3 Å². The van der Waals surface area contributed by atoms with Crippen molar-refractivity contribution in [2.24, 2.45) is 0 Å². The van der Waals surface area contributed by atoms with E-state index in [1.54, 1.807) is 55.6 Å². The van der Waals surface area contributed by atoms with Crippen LogP contribution in [-0.4, -0.2) is 19.6 Å². The molecule has 34 heavy (non-hydrogen) atoms. The first kappa shape index (κ1) is 24.6. The summed E-state index contributed by atoms with van der Waals surface area (Å²) in [6.45, 7) is 2.31. The summed E-state index contributed by atoms with van der Waals surface area (Å²) in [6.07, 6.45) is 1.41. The maximum atomic E-state index is 13.1. The molecule has 0 radical (unpaired) electrons. The predicted molar refractivity (Wildman–Crippen MR) is 129 cm³/mol. The summed E-state index contributed by atoms with van der Waals surface area (Å²) < 4.78 is 29.7. The number of carbonyl (C=O) groups excluding carboxylic acids is 1. The molecule has 3 rings (SSSR count). The Balaban J connectivity index is 1.81. The summed E-state index contributed by atoms with van der Waals surface area (Å²) in [4.78, 5) is 12.6. The number of amides is 1. The van der Waals surface area contributed by atoms with Crippen molar-refractivity contribution in [3.63, 3.8) is 0 Å². The zero-order chi connectivity index (χ0) is 24.5.